The van der Waals surface area contributed by atoms with E-state index >= 15 is 0 Å². The fourth-order valence-electron chi connectivity index (χ4n) is 12.2. The SMILES string of the molecule is CCN(CC)CCCNC(=O)C1(Cc2ccc(Cl)cc2)CCN(C(=O)OC(C)(C)C)CC1.CCN(CC)CCCNC(=O)C1(Cc2ccc(Cl)cc2)CCN(c2ncnc3n[nH]c(Br)c23)CC1.COC(=O)C1CCN(C(=O)OC(C)(C)C)CC1.ClCc1ccc(Cl)cc1.Clc1ncnc2n[nH]c(Br)c12. The Balaban J connectivity index is 0.000000222. The number of fused-ring (bicyclic) bond motifs is 2. The van der Waals surface area contributed by atoms with Gasteiger partial charge in [-0.15, -0.1) is 11.6 Å². The summed E-state index contributed by atoms with van der Waals surface area (Å²) in [5.74, 6) is 1.35. The van der Waals surface area contributed by atoms with E-state index in [1.54, 1.807) is 16.1 Å². The van der Waals surface area contributed by atoms with Crippen molar-refractivity contribution in [2.24, 2.45) is 16.7 Å². The van der Waals surface area contributed by atoms with Crippen molar-refractivity contribution >= 4 is 148 Å². The Morgan fingerprint density at radius 2 is 0.942 bits per heavy atom. The first-order valence-corrected chi connectivity index (χ1v) is 39.1. The standard InChI is InChI=1S/C25H33BrClN7O.C25H40ClN3O3.C12H21NO4.C7H6Cl2.C5H2BrClN4/c1-3-33(4-2)13-5-12-28-24(35)25(16-18-6-8-19(27)9-7-18)10-14-34(15-11-25)23-20-21(26)31-32-22(20)29-17-30-23;1-6-28(7-2)16-8-15-27-22(30)25(19-20-9-11-21(26)12-10-20)13-17-29(18-14-25)23(31)32-24(3,4)5;1-12(2,3)17-11(15)13-7-5-9(6-8-13)10(14)16-4;8-5-6-1-3-7(9)4-2-6;6-3-2-4(7)8-1-9-5(2)11-10-3/h6-9,17H,3-5,10-16H2,1-2H3,(H,28,35)(H,29,30,31,32);9-12H,6-8,13-19H2,1-5H3,(H,27,30);9H,5-8H2,1-4H3;1-4H,5H2;1H,(H,8,9,10,11). The van der Waals surface area contributed by atoms with Gasteiger partial charge in [0.15, 0.2) is 11.3 Å². The number of nitrogens with one attached hydrogen (secondary N) is 4. The Morgan fingerprint density at radius 1 is 0.558 bits per heavy atom. The number of benzene rings is 3. The number of ether oxygens (including phenoxy) is 3. The third-order valence-electron chi connectivity index (χ3n) is 18.2. The molecule has 23 nitrogen and oxygen atoms in total. The molecule has 4 amide bonds. The van der Waals surface area contributed by atoms with E-state index in [1.165, 1.54) is 13.4 Å². The maximum atomic E-state index is 13.6. The molecule has 3 aliphatic rings. The van der Waals surface area contributed by atoms with Crippen LogP contribution in [-0.4, -0.2) is 200 Å². The van der Waals surface area contributed by atoms with E-state index in [-0.39, 0.29) is 35.9 Å². The molecule has 0 radical (unpaired) electrons. The third-order valence-corrected chi connectivity index (χ3v) is 20.7. The predicted octanol–water partition coefficient (Wildman–Crippen LogP) is 15.8. The maximum Gasteiger partial charge on any atom is 0.410 e. The Hall–Kier alpha value is -6.16. The van der Waals surface area contributed by atoms with E-state index in [0.29, 0.717) is 120 Å². The van der Waals surface area contributed by atoms with E-state index in [0.717, 1.165) is 116 Å². The summed E-state index contributed by atoms with van der Waals surface area (Å²) in [7, 11) is 1.39. The zero-order valence-corrected chi connectivity index (χ0v) is 68.6. The van der Waals surface area contributed by atoms with Gasteiger partial charge in [-0.05, 0) is 230 Å². The number of H-pyrrole nitrogens is 2. The molecular weight excluding hydrogens is 1560 g/mol. The first kappa shape index (κ1) is 86.8. The van der Waals surface area contributed by atoms with Crippen molar-refractivity contribution < 1.29 is 38.2 Å². The first-order valence-electron chi connectivity index (χ1n) is 35.4. The van der Waals surface area contributed by atoms with Gasteiger partial charge in [-0.3, -0.25) is 24.6 Å². The lowest BCUT2D eigenvalue weighted by molar-refractivity contribution is -0.147. The molecule has 3 aromatic carbocycles. The summed E-state index contributed by atoms with van der Waals surface area (Å²) >= 11 is 35.9. The normalized spacial score (nSPS) is 15.1. The van der Waals surface area contributed by atoms with Crippen LogP contribution in [0.15, 0.2) is 94.7 Å². The fraction of sp³-hybridized carbons (Fsp3) is 0.554. The number of esters is 1. The molecule has 30 heteroatoms. The molecule has 7 aromatic rings. The summed E-state index contributed by atoms with van der Waals surface area (Å²) in [5.41, 5.74) is 2.49. The number of halogens is 7. The van der Waals surface area contributed by atoms with Crippen LogP contribution in [0.5, 0.6) is 0 Å². The number of hydrogen-bond acceptors (Lipinski definition) is 17. The molecule has 7 heterocycles. The quantitative estimate of drug-likeness (QED) is 0.0171. The van der Waals surface area contributed by atoms with Crippen LogP contribution in [0.25, 0.3) is 22.1 Å². The molecule has 104 heavy (non-hydrogen) atoms. The van der Waals surface area contributed by atoms with E-state index in [9.17, 15) is 24.0 Å². The highest BCUT2D eigenvalue weighted by Crippen LogP contribution is 2.40. The number of nitrogens with zero attached hydrogens (tertiary/aromatic N) is 11. The van der Waals surface area contributed by atoms with Gasteiger partial charge in [-0.1, -0.05) is 110 Å². The molecule has 0 aliphatic carbocycles. The van der Waals surface area contributed by atoms with Crippen molar-refractivity contribution in [3.8, 4) is 0 Å². The molecule has 10 rings (SSSR count). The third kappa shape index (κ3) is 27.3. The summed E-state index contributed by atoms with van der Waals surface area (Å²) in [6, 6.07) is 23.0. The summed E-state index contributed by atoms with van der Waals surface area (Å²) in [5, 5.41) is 24.3. The van der Waals surface area contributed by atoms with Crippen molar-refractivity contribution in [2.45, 2.75) is 151 Å². The summed E-state index contributed by atoms with van der Waals surface area (Å²) < 4.78 is 17.0. The van der Waals surface area contributed by atoms with Crippen LogP contribution in [0.4, 0.5) is 15.4 Å². The number of anilines is 1. The molecule has 3 saturated heterocycles. The van der Waals surface area contributed by atoms with Crippen LogP contribution in [0, 0.1) is 16.7 Å². The molecule has 4 aromatic heterocycles. The lowest BCUT2D eigenvalue weighted by Crippen LogP contribution is -2.52. The minimum Gasteiger partial charge on any atom is -0.469 e. The number of methoxy groups -OCH3 is 1. The Labute approximate surface area is 654 Å². The number of carbonyl (C=O) groups excluding carboxylic acids is 5. The molecule has 4 N–H and O–H groups in total. The number of piperidine rings is 3. The van der Waals surface area contributed by atoms with Gasteiger partial charge in [0.1, 0.15) is 44.0 Å². The molecular formula is C74H102Br2Cl5N15O8. The van der Waals surface area contributed by atoms with Crippen LogP contribution in [0.1, 0.15) is 137 Å². The van der Waals surface area contributed by atoms with Crippen molar-refractivity contribution in [3.05, 3.63) is 132 Å². The highest BCUT2D eigenvalue weighted by Gasteiger charge is 2.44. The van der Waals surface area contributed by atoms with Crippen LogP contribution < -0.4 is 15.5 Å². The Kier molecular flexibility index (Phi) is 35.4. The fourth-order valence-corrected chi connectivity index (χ4v) is 14.0. The van der Waals surface area contributed by atoms with Crippen LogP contribution >= 0.6 is 89.9 Å². The molecule has 0 atom stereocenters. The Morgan fingerprint density at radius 3 is 1.34 bits per heavy atom. The highest BCUT2D eigenvalue weighted by molar-refractivity contribution is 9.10. The average molecular weight is 1670 g/mol. The number of hydrogen-bond donors (Lipinski definition) is 4. The molecule has 3 aliphatic heterocycles. The predicted molar refractivity (Wildman–Crippen MR) is 422 cm³/mol. The van der Waals surface area contributed by atoms with Crippen molar-refractivity contribution in [1.29, 1.82) is 0 Å². The van der Waals surface area contributed by atoms with E-state index in [2.05, 4.69) is 125 Å². The van der Waals surface area contributed by atoms with Crippen LogP contribution in [0.2, 0.25) is 20.2 Å². The number of likely N-dealkylation sites (tertiary alicyclic amines) is 2. The van der Waals surface area contributed by atoms with Gasteiger partial charge in [0, 0.05) is 73.3 Å². The van der Waals surface area contributed by atoms with Crippen LogP contribution in [-0.2, 0) is 47.3 Å². The summed E-state index contributed by atoms with van der Waals surface area (Å²) in [4.78, 5) is 89.4. The first-order chi connectivity index (χ1) is 49.5. The highest BCUT2D eigenvalue weighted by atomic mass is 79.9. The minimum atomic E-state index is -0.540. The van der Waals surface area contributed by atoms with E-state index in [4.69, 9.17) is 72.2 Å². The molecule has 0 bridgehead atoms. The van der Waals surface area contributed by atoms with Gasteiger partial charge in [-0.2, -0.15) is 10.2 Å². The number of aromatic amines is 2. The lowest BCUT2D eigenvalue weighted by atomic mass is 9.73. The van der Waals surface area contributed by atoms with Gasteiger partial charge in [0.25, 0.3) is 0 Å². The molecule has 570 valence electrons. The second-order valence-electron chi connectivity index (χ2n) is 27.8. The Bertz CT molecular complexity index is 3790. The second-order valence-corrected chi connectivity index (χ2v) is 31.3. The number of rotatable bonds is 21. The monoisotopic (exact) mass is 1660 g/mol. The molecule has 0 unspecified atom stereocenters. The molecule has 0 saturated carbocycles. The van der Waals surface area contributed by atoms with Gasteiger partial charge < -0.3 is 49.3 Å². The van der Waals surface area contributed by atoms with Gasteiger partial charge in [0.2, 0.25) is 11.8 Å². The van der Waals surface area contributed by atoms with Crippen molar-refractivity contribution in [2.75, 3.05) is 104 Å². The number of amides is 4. The second kappa shape index (κ2) is 42.4. The minimum absolute atomic E-state index is 0.0795. The van der Waals surface area contributed by atoms with Gasteiger partial charge >= 0.3 is 18.2 Å². The molecule has 3 fully saturated rings. The van der Waals surface area contributed by atoms with Gasteiger partial charge in [-0.25, -0.2) is 29.5 Å². The van der Waals surface area contributed by atoms with Gasteiger partial charge in [0.05, 0.1) is 34.6 Å². The topological polar surface area (TPSA) is 262 Å². The maximum absolute atomic E-state index is 13.6. The lowest BCUT2D eigenvalue weighted by Gasteiger charge is -2.41. The summed E-state index contributed by atoms with van der Waals surface area (Å²) in [6.45, 7) is 30.8. The largest absolute Gasteiger partial charge is 0.469 e. The number of alkyl halides is 1. The van der Waals surface area contributed by atoms with E-state index in [1.807, 2.05) is 114 Å². The zero-order chi connectivity index (χ0) is 76.2. The average Bonchev–Trinajstić information content (AvgIpc) is 1.35. The number of aromatic nitrogens is 8. The van der Waals surface area contributed by atoms with Crippen molar-refractivity contribution in [3.63, 3.8) is 0 Å². The summed E-state index contributed by atoms with van der Waals surface area (Å²) in [6.07, 6.45) is 9.47. The van der Waals surface area contributed by atoms with Crippen LogP contribution in [0.3, 0.4) is 0 Å². The smallest absolute Gasteiger partial charge is 0.410 e. The van der Waals surface area contributed by atoms with Crippen molar-refractivity contribution in [1.82, 2.24) is 70.6 Å². The van der Waals surface area contributed by atoms with E-state index < -0.39 is 22.0 Å². The zero-order valence-electron chi connectivity index (χ0n) is 61.7. The number of carbonyl (C=O) groups is 5. The molecule has 0 spiro atoms.